The van der Waals surface area contributed by atoms with Crippen molar-refractivity contribution in [1.82, 2.24) is 9.21 Å². The van der Waals surface area contributed by atoms with E-state index in [0.717, 1.165) is 80.3 Å². The van der Waals surface area contributed by atoms with E-state index in [-0.39, 0.29) is 49.1 Å². The number of hydrogen-bond donors (Lipinski definition) is 0. The molecule has 0 amide bonds. The first-order chi connectivity index (χ1) is 53.0. The molecular formula is C106H194N2O9S2. The van der Waals surface area contributed by atoms with E-state index in [4.69, 9.17) is 14.2 Å². The maximum Gasteiger partial charge on any atom is 0.508 e. The summed E-state index contributed by atoms with van der Waals surface area (Å²) in [6, 6.07) is 23.6. The van der Waals surface area contributed by atoms with E-state index in [2.05, 4.69) is 327 Å². The number of benzene rings is 3. The van der Waals surface area contributed by atoms with E-state index >= 15 is 0 Å². The third-order valence-corrected chi connectivity index (χ3v) is 27.0. The number of aryl methyl sites for hydroxylation is 1. The van der Waals surface area contributed by atoms with Gasteiger partial charge in [0, 0.05) is 37.4 Å². The highest BCUT2D eigenvalue weighted by Gasteiger charge is 2.49. The van der Waals surface area contributed by atoms with Crippen molar-refractivity contribution in [3.05, 3.63) is 101 Å². The lowest BCUT2D eigenvalue weighted by Gasteiger charge is -2.46. The fraction of sp³-hybridized carbons (Fsp3) is 0.811. The van der Waals surface area contributed by atoms with E-state index in [0.29, 0.717) is 98.9 Å². The summed E-state index contributed by atoms with van der Waals surface area (Å²) in [5, 5.41) is 0. The number of ketones is 1. The van der Waals surface area contributed by atoms with Gasteiger partial charge >= 0.3 is 6.16 Å². The van der Waals surface area contributed by atoms with Gasteiger partial charge in [-0.05, 0) is 226 Å². The van der Waals surface area contributed by atoms with Gasteiger partial charge in [0.2, 0.25) is 10.0 Å². The Morgan fingerprint density at radius 2 is 0.639 bits per heavy atom. The van der Waals surface area contributed by atoms with E-state index in [1.807, 2.05) is 43.3 Å². The number of carbonyl (C=O) groups excluding carboxylic acids is 2. The minimum Gasteiger partial charge on any atom is -0.434 e. The molecule has 0 aromatic heterocycles. The van der Waals surface area contributed by atoms with Gasteiger partial charge in [0.1, 0.15) is 0 Å². The van der Waals surface area contributed by atoms with E-state index < -0.39 is 26.0 Å². The van der Waals surface area contributed by atoms with Crippen molar-refractivity contribution in [2.45, 2.75) is 392 Å². The third kappa shape index (κ3) is 50.4. The standard InChI is InChI=1S/C23H28O.C19H33NO2S.C14H28.C13H29N.C13H26O3.C12H24O2S.C12H26O/c1-22(2,3)19-15-11-7-9-13-17(15)21(24)18-14-10-8-12-16(18)20(19)23(4,5)6;1-16-8-10-17(11-9-16)23(21,22)20(14-12-18(2,3)4)15-13-19(5,6)7;1-13(2,3)11-9-7-8-10-12(11)14(4,5)6;1-12(2,3)8-10-14(7)11-9-13(4,5)6;1-12(2,3)7-9-15-11(14)16-10-8-13(4,5)6;1-11(2,3)9-7-15(13,14)8-10(9)12(4,5)6;1-11(2,3)7-9-13-10-8-12(4,5)6/h7-14,19-20H,1-6H3;8-11H,12-15H2,1-7H3;11-12H,7-10H2,1-6H3;8-11H2,1-7H3;7-10H2,1-6H3;9-10H,7-8H2,1-6H3;7-10H2,1-6H3/t;;11-,12-;;;;/m..0..../s1. The smallest absolute Gasteiger partial charge is 0.434 e. The molecule has 119 heavy (non-hydrogen) atoms. The fourth-order valence-corrected chi connectivity index (χ4v) is 19.4. The highest BCUT2D eigenvalue weighted by Crippen LogP contribution is 2.56. The number of nitrogens with zero attached hydrogens (tertiary/aromatic N) is 2. The molecule has 3 aliphatic rings. The minimum absolute atomic E-state index is 0.0613. The molecule has 11 nitrogen and oxygen atoms in total. The van der Waals surface area contributed by atoms with Crippen LogP contribution in [0.5, 0.6) is 0 Å². The molecule has 2 fully saturated rings. The summed E-state index contributed by atoms with van der Waals surface area (Å²) in [5.74, 6) is 3.94. The molecule has 1 saturated heterocycles. The summed E-state index contributed by atoms with van der Waals surface area (Å²) in [4.78, 5) is 27.3. The number of hydrogen-bond acceptors (Lipinski definition) is 10. The summed E-state index contributed by atoms with van der Waals surface area (Å²) < 4.78 is 66.7. The lowest BCUT2D eigenvalue weighted by atomic mass is 9.59. The Balaban J connectivity index is 0.00000138. The number of sulfonamides is 1. The minimum atomic E-state index is -3.43. The molecule has 0 spiro atoms. The summed E-state index contributed by atoms with van der Waals surface area (Å²) >= 11 is 0. The van der Waals surface area contributed by atoms with Crippen molar-refractivity contribution >= 4 is 31.8 Å². The molecular weight excluding hydrogens is 1510 g/mol. The lowest BCUT2D eigenvalue weighted by molar-refractivity contribution is 0.0335. The van der Waals surface area contributed by atoms with Crippen LogP contribution in [0.3, 0.4) is 0 Å². The second-order valence-corrected chi connectivity index (χ2v) is 56.1. The number of sulfone groups is 1. The zero-order valence-electron chi connectivity index (χ0n) is 86.3. The van der Waals surface area contributed by atoms with Gasteiger partial charge in [-0.3, -0.25) is 4.79 Å². The maximum absolute atomic E-state index is 13.3. The number of ether oxygens (including phenoxy) is 3. The molecule has 6 atom stereocenters. The predicted molar refractivity (Wildman–Crippen MR) is 518 cm³/mol. The predicted octanol–water partition coefficient (Wildman–Crippen LogP) is 30.4. The van der Waals surface area contributed by atoms with Crippen molar-refractivity contribution in [1.29, 1.82) is 0 Å². The third-order valence-electron chi connectivity index (χ3n) is 23.4. The lowest BCUT2D eigenvalue weighted by Crippen LogP contribution is -2.38. The van der Waals surface area contributed by atoms with E-state index in [9.17, 15) is 26.4 Å². The van der Waals surface area contributed by atoms with Crippen LogP contribution in [0.25, 0.3) is 0 Å². The maximum atomic E-state index is 13.3. The average molecular weight is 1700 g/mol. The van der Waals surface area contributed by atoms with E-state index in [1.54, 1.807) is 16.4 Å². The summed E-state index contributed by atoms with van der Waals surface area (Å²) in [6.45, 7) is 102. The summed E-state index contributed by atoms with van der Waals surface area (Å²) in [6.07, 6.45) is 13.5. The molecule has 6 rings (SSSR count). The summed E-state index contributed by atoms with van der Waals surface area (Å²) in [7, 11) is -4.01. The Bertz CT molecular complexity index is 3430. The Kier molecular flexibility index (Phi) is 45.3. The van der Waals surface area contributed by atoms with Gasteiger partial charge in [-0.2, -0.15) is 4.31 Å². The first-order valence-electron chi connectivity index (χ1n) is 46.1. The van der Waals surface area contributed by atoms with Crippen LogP contribution in [-0.4, -0.2) is 109 Å². The molecule has 2 aliphatic carbocycles. The highest BCUT2D eigenvalue weighted by atomic mass is 32.2. The fourth-order valence-electron chi connectivity index (χ4n) is 15.2. The van der Waals surface area contributed by atoms with Crippen LogP contribution in [0.1, 0.15) is 412 Å². The highest BCUT2D eigenvalue weighted by molar-refractivity contribution is 7.91. The van der Waals surface area contributed by atoms with Gasteiger partial charge in [-0.25, -0.2) is 21.6 Å². The molecule has 1 saturated carbocycles. The van der Waals surface area contributed by atoms with Gasteiger partial charge in [0.15, 0.2) is 15.6 Å². The van der Waals surface area contributed by atoms with Crippen molar-refractivity contribution in [2.75, 3.05) is 71.2 Å². The molecule has 13 heteroatoms. The monoisotopic (exact) mass is 1700 g/mol. The van der Waals surface area contributed by atoms with Crippen molar-refractivity contribution in [2.24, 2.45) is 99.5 Å². The zero-order valence-corrected chi connectivity index (χ0v) is 88.0. The topological polar surface area (TPSA) is 137 Å². The molecule has 1 aliphatic heterocycles. The molecule has 0 bridgehead atoms. The van der Waals surface area contributed by atoms with Crippen LogP contribution >= 0.6 is 0 Å². The van der Waals surface area contributed by atoms with Gasteiger partial charge in [0.05, 0.1) is 29.6 Å². The second-order valence-electron chi connectivity index (χ2n) is 52.0. The molecule has 0 N–H and O–H groups in total. The van der Waals surface area contributed by atoms with Crippen LogP contribution in [0, 0.1) is 106 Å². The largest absolute Gasteiger partial charge is 0.508 e. The van der Waals surface area contributed by atoms with Gasteiger partial charge in [0.25, 0.3) is 0 Å². The normalized spacial score (nSPS) is 19.2. The van der Waals surface area contributed by atoms with Gasteiger partial charge in [-0.15, -0.1) is 0 Å². The molecule has 0 radical (unpaired) electrons. The van der Waals surface area contributed by atoms with Crippen LogP contribution in [0.2, 0.25) is 0 Å². The number of carbonyl (C=O) groups is 2. The van der Waals surface area contributed by atoms with E-state index in [1.165, 1.54) is 62.7 Å². The molecule has 3 aromatic rings. The Morgan fingerprint density at radius 3 is 0.908 bits per heavy atom. The average Bonchev–Trinajstić information content (AvgIpc) is 1.60. The van der Waals surface area contributed by atoms with Crippen LogP contribution in [-0.2, 0) is 34.1 Å². The van der Waals surface area contributed by atoms with Gasteiger partial charge < -0.3 is 19.1 Å². The van der Waals surface area contributed by atoms with Crippen LogP contribution in [0.4, 0.5) is 4.79 Å². The molecule has 3 aromatic carbocycles. The zero-order chi connectivity index (χ0) is 93.4. The number of fused-ring (bicyclic) bond motifs is 2. The van der Waals surface area contributed by atoms with Gasteiger partial charge in [-0.1, -0.05) is 370 Å². The summed E-state index contributed by atoms with van der Waals surface area (Å²) in [5.41, 5.74) is 8.85. The number of rotatable bonds is 18. The first-order valence-corrected chi connectivity index (χ1v) is 49.3. The SMILES string of the molecule is CC(C)(C)C1CS(=O)(=O)CC1C(C)(C)C.CC(C)(C)C1c2ccccc2C(=O)c2ccccc2C1C(C)(C)C.CC(C)(C)CCOC(=O)OCCC(C)(C)C.CC(C)(C)CCOCCC(C)(C)C.CC(C)(C)[C@H]1CCCC[C@@H]1C(C)(C)C.CN(CCC(C)(C)C)CCC(C)(C)C.Cc1ccc(S(=O)(=O)N(CCC(C)(C)C)CCC(C)(C)C)cc1. The second kappa shape index (κ2) is 46.7. The Hall–Kier alpha value is -3.62. The van der Waals surface area contributed by atoms with Crippen molar-refractivity contribution < 1.29 is 40.6 Å². The van der Waals surface area contributed by atoms with Crippen molar-refractivity contribution in [3.8, 4) is 0 Å². The Morgan fingerprint density at radius 1 is 0.370 bits per heavy atom. The Labute approximate surface area is 739 Å². The van der Waals surface area contributed by atoms with Crippen molar-refractivity contribution in [3.63, 3.8) is 0 Å². The molecule has 1 heterocycles. The molecule has 694 valence electrons. The molecule has 4 unspecified atom stereocenters. The quantitative estimate of drug-likeness (QED) is 0.0894. The van der Waals surface area contributed by atoms with Crippen LogP contribution < -0.4 is 0 Å². The van der Waals surface area contributed by atoms with Crippen LogP contribution in [0.15, 0.2) is 77.7 Å². The first kappa shape index (κ1) is 115.